The van der Waals surface area contributed by atoms with Gasteiger partial charge in [-0.3, -0.25) is 4.79 Å². The summed E-state index contributed by atoms with van der Waals surface area (Å²) in [7, 11) is -3.04. The summed E-state index contributed by atoms with van der Waals surface area (Å²) < 4.78 is 22.3. The van der Waals surface area contributed by atoms with Gasteiger partial charge >= 0.3 is 0 Å². The Kier molecular flexibility index (Phi) is 5.11. The highest BCUT2D eigenvalue weighted by Crippen LogP contribution is 2.09. The SMILES string of the molecule is CC(C)[C@H](C)NC(=O)c1ccc(CS(C)(=O)=O)cc1. The van der Waals surface area contributed by atoms with E-state index in [2.05, 4.69) is 5.32 Å². The summed E-state index contributed by atoms with van der Waals surface area (Å²) >= 11 is 0. The molecule has 0 spiro atoms. The van der Waals surface area contributed by atoms with Crippen LogP contribution in [0.3, 0.4) is 0 Å². The fourth-order valence-electron chi connectivity index (χ4n) is 1.51. The predicted molar refractivity (Wildman–Crippen MR) is 76.8 cm³/mol. The number of hydrogen-bond acceptors (Lipinski definition) is 3. The third-order valence-electron chi connectivity index (χ3n) is 3.00. The van der Waals surface area contributed by atoms with Crippen molar-refractivity contribution in [2.75, 3.05) is 6.26 Å². The van der Waals surface area contributed by atoms with Crippen molar-refractivity contribution >= 4 is 15.7 Å². The largest absolute Gasteiger partial charge is 0.349 e. The Morgan fingerprint density at radius 2 is 1.68 bits per heavy atom. The third kappa shape index (κ3) is 5.42. The lowest BCUT2D eigenvalue weighted by Gasteiger charge is -2.17. The van der Waals surface area contributed by atoms with Gasteiger partial charge in [0.25, 0.3) is 5.91 Å². The summed E-state index contributed by atoms with van der Waals surface area (Å²) in [5.41, 5.74) is 1.24. The number of sulfone groups is 1. The number of hydrogen-bond donors (Lipinski definition) is 1. The molecule has 0 aliphatic carbocycles. The molecule has 0 heterocycles. The Labute approximate surface area is 115 Å². The van der Waals surface area contributed by atoms with Gasteiger partial charge in [0.2, 0.25) is 0 Å². The minimum atomic E-state index is -3.04. The van der Waals surface area contributed by atoms with Crippen LogP contribution in [0.15, 0.2) is 24.3 Å². The minimum Gasteiger partial charge on any atom is -0.349 e. The molecule has 0 aliphatic heterocycles. The lowest BCUT2D eigenvalue weighted by Crippen LogP contribution is -2.36. The Morgan fingerprint density at radius 1 is 1.16 bits per heavy atom. The predicted octanol–water partition coefficient (Wildman–Crippen LogP) is 2.01. The molecule has 1 amide bonds. The standard InChI is InChI=1S/C14H21NO3S/c1-10(2)11(3)15-14(16)13-7-5-12(6-8-13)9-19(4,17)18/h5-8,10-11H,9H2,1-4H3,(H,15,16)/t11-/m0/s1. The number of nitrogens with one attached hydrogen (secondary N) is 1. The number of rotatable bonds is 5. The number of amides is 1. The highest BCUT2D eigenvalue weighted by Gasteiger charge is 2.12. The van der Waals surface area contributed by atoms with Crippen LogP contribution in [0.2, 0.25) is 0 Å². The second-order valence-electron chi connectivity index (χ2n) is 5.27. The maximum absolute atomic E-state index is 11.9. The molecule has 0 saturated heterocycles. The molecule has 1 aromatic carbocycles. The Morgan fingerprint density at radius 3 is 2.11 bits per heavy atom. The molecule has 1 aromatic rings. The van der Waals surface area contributed by atoms with Gasteiger partial charge in [-0.15, -0.1) is 0 Å². The Hall–Kier alpha value is -1.36. The van der Waals surface area contributed by atoms with Gasteiger partial charge in [-0.2, -0.15) is 0 Å². The maximum atomic E-state index is 11.9. The van der Waals surface area contributed by atoms with Gasteiger partial charge in [-0.1, -0.05) is 26.0 Å². The van der Waals surface area contributed by atoms with Gasteiger partial charge in [-0.05, 0) is 30.5 Å². The number of benzene rings is 1. The molecule has 0 fully saturated rings. The molecular formula is C14H21NO3S. The van der Waals surface area contributed by atoms with Crippen LogP contribution in [0.5, 0.6) is 0 Å². The molecule has 0 radical (unpaired) electrons. The van der Waals surface area contributed by atoms with E-state index >= 15 is 0 Å². The van der Waals surface area contributed by atoms with Gasteiger partial charge in [0.05, 0.1) is 5.75 Å². The summed E-state index contributed by atoms with van der Waals surface area (Å²) in [6, 6.07) is 6.76. The second-order valence-corrected chi connectivity index (χ2v) is 7.41. The fourth-order valence-corrected chi connectivity index (χ4v) is 2.31. The van der Waals surface area contributed by atoms with Crippen molar-refractivity contribution in [1.29, 1.82) is 0 Å². The average Bonchev–Trinajstić information content (AvgIpc) is 2.27. The van der Waals surface area contributed by atoms with Crippen molar-refractivity contribution in [1.82, 2.24) is 5.32 Å². The monoisotopic (exact) mass is 283 g/mol. The normalized spacial score (nSPS) is 13.3. The minimum absolute atomic E-state index is 0.00268. The number of carbonyl (C=O) groups excluding carboxylic acids is 1. The molecule has 5 heteroatoms. The smallest absolute Gasteiger partial charge is 0.251 e. The molecule has 0 bridgehead atoms. The molecule has 19 heavy (non-hydrogen) atoms. The molecule has 4 nitrogen and oxygen atoms in total. The van der Waals surface area contributed by atoms with Crippen molar-refractivity contribution in [2.24, 2.45) is 5.92 Å². The van der Waals surface area contributed by atoms with Gasteiger partial charge in [-0.25, -0.2) is 8.42 Å². The zero-order valence-electron chi connectivity index (χ0n) is 11.8. The van der Waals surface area contributed by atoms with E-state index in [-0.39, 0.29) is 17.7 Å². The first-order valence-electron chi connectivity index (χ1n) is 6.26. The average molecular weight is 283 g/mol. The molecule has 1 atom stereocenters. The van der Waals surface area contributed by atoms with Crippen LogP contribution < -0.4 is 5.32 Å². The van der Waals surface area contributed by atoms with Gasteiger partial charge in [0.15, 0.2) is 9.84 Å². The van der Waals surface area contributed by atoms with Crippen molar-refractivity contribution in [3.05, 3.63) is 35.4 Å². The molecule has 106 valence electrons. The van der Waals surface area contributed by atoms with E-state index < -0.39 is 9.84 Å². The van der Waals surface area contributed by atoms with Crippen molar-refractivity contribution < 1.29 is 13.2 Å². The molecule has 0 aliphatic rings. The lowest BCUT2D eigenvalue weighted by atomic mass is 10.1. The third-order valence-corrected chi connectivity index (χ3v) is 3.86. The second kappa shape index (κ2) is 6.19. The maximum Gasteiger partial charge on any atom is 0.251 e. The molecule has 0 aromatic heterocycles. The van der Waals surface area contributed by atoms with Crippen LogP contribution in [0.1, 0.15) is 36.7 Å². The Balaban J connectivity index is 2.74. The fraction of sp³-hybridized carbons (Fsp3) is 0.500. The molecule has 1 rings (SSSR count). The van der Waals surface area contributed by atoms with E-state index in [1.165, 1.54) is 6.26 Å². The first-order chi connectivity index (χ1) is 8.69. The first-order valence-corrected chi connectivity index (χ1v) is 8.32. The van der Waals surface area contributed by atoms with Gasteiger partial charge < -0.3 is 5.32 Å². The van der Waals surface area contributed by atoms with Gasteiger partial charge in [0, 0.05) is 17.9 Å². The lowest BCUT2D eigenvalue weighted by molar-refractivity contribution is 0.0930. The molecule has 0 saturated carbocycles. The van der Waals surface area contributed by atoms with Crippen molar-refractivity contribution in [3.63, 3.8) is 0 Å². The highest BCUT2D eigenvalue weighted by molar-refractivity contribution is 7.89. The topological polar surface area (TPSA) is 63.2 Å². The highest BCUT2D eigenvalue weighted by atomic mass is 32.2. The molecular weight excluding hydrogens is 262 g/mol. The van der Waals surface area contributed by atoms with E-state index in [1.54, 1.807) is 24.3 Å². The van der Waals surface area contributed by atoms with Crippen molar-refractivity contribution in [3.8, 4) is 0 Å². The summed E-state index contributed by atoms with van der Waals surface area (Å²) in [5.74, 6) is 0.234. The van der Waals surface area contributed by atoms with Gasteiger partial charge in [0.1, 0.15) is 0 Å². The summed E-state index contributed by atoms with van der Waals surface area (Å²) in [5, 5.41) is 2.91. The zero-order chi connectivity index (χ0) is 14.6. The summed E-state index contributed by atoms with van der Waals surface area (Å²) in [6.07, 6.45) is 1.19. The number of carbonyl (C=O) groups is 1. The quantitative estimate of drug-likeness (QED) is 0.899. The van der Waals surface area contributed by atoms with E-state index in [0.717, 1.165) is 0 Å². The van der Waals surface area contributed by atoms with E-state index in [4.69, 9.17) is 0 Å². The summed E-state index contributed by atoms with van der Waals surface area (Å²) in [6.45, 7) is 6.04. The van der Waals surface area contributed by atoms with Crippen LogP contribution >= 0.6 is 0 Å². The van der Waals surface area contributed by atoms with E-state index in [1.807, 2.05) is 20.8 Å². The van der Waals surface area contributed by atoms with Crippen LogP contribution in [0.4, 0.5) is 0 Å². The molecule has 0 unspecified atom stereocenters. The van der Waals surface area contributed by atoms with Crippen LogP contribution in [0.25, 0.3) is 0 Å². The van der Waals surface area contributed by atoms with E-state index in [9.17, 15) is 13.2 Å². The van der Waals surface area contributed by atoms with Crippen LogP contribution in [0, 0.1) is 5.92 Å². The van der Waals surface area contributed by atoms with E-state index in [0.29, 0.717) is 17.0 Å². The van der Waals surface area contributed by atoms with Crippen LogP contribution in [-0.4, -0.2) is 26.6 Å². The Bertz CT molecular complexity index is 532. The summed E-state index contributed by atoms with van der Waals surface area (Å²) in [4.78, 5) is 11.9. The first kappa shape index (κ1) is 15.7. The van der Waals surface area contributed by atoms with Crippen LogP contribution in [-0.2, 0) is 15.6 Å². The molecule has 1 N–H and O–H groups in total. The van der Waals surface area contributed by atoms with Crippen molar-refractivity contribution in [2.45, 2.75) is 32.6 Å². The zero-order valence-corrected chi connectivity index (χ0v) is 12.6.